The molecule has 2 nitrogen and oxygen atoms in total. The highest BCUT2D eigenvalue weighted by Crippen LogP contribution is 2.29. The largest absolute Gasteiger partial charge is 0.378 e. The average Bonchev–Trinajstić information content (AvgIpc) is 2.38. The van der Waals surface area contributed by atoms with E-state index in [0.29, 0.717) is 6.42 Å². The van der Waals surface area contributed by atoms with Gasteiger partial charge < -0.3 is 4.74 Å². The molecule has 0 heterocycles. The van der Waals surface area contributed by atoms with Crippen molar-refractivity contribution in [2.45, 2.75) is 31.8 Å². The Morgan fingerprint density at radius 2 is 2.07 bits per heavy atom. The summed E-state index contributed by atoms with van der Waals surface area (Å²) in [6.07, 6.45) is 2.32. The van der Waals surface area contributed by atoms with Crippen LogP contribution in [0, 0.1) is 0 Å². The second kappa shape index (κ2) is 3.78. The van der Waals surface area contributed by atoms with Crippen molar-refractivity contribution >= 4 is 5.78 Å². The van der Waals surface area contributed by atoms with Gasteiger partial charge in [0, 0.05) is 19.1 Å². The van der Waals surface area contributed by atoms with Crippen LogP contribution < -0.4 is 0 Å². The Morgan fingerprint density at radius 3 is 2.80 bits per heavy atom. The number of hydrogen-bond donors (Lipinski definition) is 0. The van der Waals surface area contributed by atoms with E-state index in [2.05, 4.69) is 0 Å². The molecule has 1 atom stereocenters. The molecule has 0 spiro atoms. The molecular formula is C13H16O2. The standard InChI is InChI=1S/C13H16O2/c1-13(15-2)8-7-10-5-3-4-6-11(10)12(14)9-13/h3-6H,7-9H2,1-2H3. The van der Waals surface area contributed by atoms with E-state index in [9.17, 15) is 4.79 Å². The summed E-state index contributed by atoms with van der Waals surface area (Å²) in [5, 5.41) is 0. The Hall–Kier alpha value is -1.15. The predicted octanol–water partition coefficient (Wildman–Crippen LogP) is 2.61. The second-order valence-electron chi connectivity index (χ2n) is 4.41. The molecule has 1 aliphatic carbocycles. The number of fused-ring (bicyclic) bond motifs is 1. The minimum Gasteiger partial charge on any atom is -0.378 e. The third kappa shape index (κ3) is 1.95. The minimum absolute atomic E-state index is 0.201. The van der Waals surface area contributed by atoms with Crippen LogP contribution in [0.1, 0.15) is 35.7 Å². The molecule has 1 aromatic rings. The van der Waals surface area contributed by atoms with Crippen LogP contribution in [-0.2, 0) is 11.2 Å². The van der Waals surface area contributed by atoms with Gasteiger partial charge in [-0.15, -0.1) is 0 Å². The van der Waals surface area contributed by atoms with E-state index >= 15 is 0 Å². The van der Waals surface area contributed by atoms with E-state index in [1.165, 1.54) is 0 Å². The van der Waals surface area contributed by atoms with Gasteiger partial charge in [-0.1, -0.05) is 24.3 Å². The number of aryl methyl sites for hydroxylation is 1. The SMILES string of the molecule is COC1(C)CCc2ccccc2C(=O)C1. The van der Waals surface area contributed by atoms with Gasteiger partial charge in [0.1, 0.15) is 0 Å². The monoisotopic (exact) mass is 204 g/mol. The Morgan fingerprint density at radius 1 is 1.33 bits per heavy atom. The normalized spacial score (nSPS) is 25.9. The van der Waals surface area contributed by atoms with Gasteiger partial charge in [0.25, 0.3) is 0 Å². The first kappa shape index (κ1) is 10.4. The van der Waals surface area contributed by atoms with Gasteiger partial charge in [0.05, 0.1) is 5.60 Å². The summed E-state index contributed by atoms with van der Waals surface area (Å²) >= 11 is 0. The summed E-state index contributed by atoms with van der Waals surface area (Å²) in [5.41, 5.74) is 1.73. The number of ether oxygens (including phenoxy) is 1. The molecule has 0 fully saturated rings. The van der Waals surface area contributed by atoms with E-state index in [0.717, 1.165) is 24.0 Å². The third-order valence-corrected chi connectivity index (χ3v) is 3.27. The first-order valence-electron chi connectivity index (χ1n) is 5.31. The first-order chi connectivity index (χ1) is 7.14. The molecule has 0 aromatic heterocycles. The number of Topliss-reactive ketones (excluding diaryl/α,β-unsaturated/α-hetero) is 1. The number of carbonyl (C=O) groups excluding carboxylic acids is 1. The molecule has 0 N–H and O–H groups in total. The molecule has 0 aliphatic heterocycles. The summed E-state index contributed by atoms with van der Waals surface area (Å²) < 4.78 is 5.44. The van der Waals surface area contributed by atoms with Crippen LogP contribution in [0.3, 0.4) is 0 Å². The summed E-state index contributed by atoms with van der Waals surface area (Å²) in [5.74, 6) is 0.201. The Bertz CT molecular complexity index is 384. The maximum absolute atomic E-state index is 12.0. The van der Waals surface area contributed by atoms with Crippen molar-refractivity contribution in [1.29, 1.82) is 0 Å². The fourth-order valence-electron chi connectivity index (χ4n) is 2.11. The van der Waals surface area contributed by atoms with Gasteiger partial charge in [-0.05, 0) is 25.3 Å². The van der Waals surface area contributed by atoms with Crippen molar-refractivity contribution in [1.82, 2.24) is 0 Å². The minimum atomic E-state index is -0.296. The molecule has 0 saturated carbocycles. The fourth-order valence-corrected chi connectivity index (χ4v) is 2.11. The van der Waals surface area contributed by atoms with Gasteiger partial charge in [-0.3, -0.25) is 4.79 Å². The zero-order valence-corrected chi connectivity index (χ0v) is 9.25. The number of methoxy groups -OCH3 is 1. The van der Waals surface area contributed by atoms with E-state index in [1.807, 2.05) is 31.2 Å². The molecular weight excluding hydrogens is 188 g/mol. The van der Waals surface area contributed by atoms with Crippen molar-refractivity contribution in [3.05, 3.63) is 35.4 Å². The maximum Gasteiger partial charge on any atom is 0.166 e. The zero-order valence-electron chi connectivity index (χ0n) is 9.25. The van der Waals surface area contributed by atoms with Crippen LogP contribution in [0.5, 0.6) is 0 Å². The average molecular weight is 204 g/mol. The quantitative estimate of drug-likeness (QED) is 0.657. The lowest BCUT2D eigenvalue weighted by Gasteiger charge is -2.25. The number of ketones is 1. The third-order valence-electron chi connectivity index (χ3n) is 3.27. The topological polar surface area (TPSA) is 26.3 Å². The van der Waals surface area contributed by atoms with Crippen LogP contribution >= 0.6 is 0 Å². The smallest absolute Gasteiger partial charge is 0.166 e. The maximum atomic E-state index is 12.0. The Balaban J connectivity index is 2.36. The van der Waals surface area contributed by atoms with Crippen molar-refractivity contribution in [2.75, 3.05) is 7.11 Å². The van der Waals surface area contributed by atoms with Gasteiger partial charge in [0.2, 0.25) is 0 Å². The molecule has 0 amide bonds. The van der Waals surface area contributed by atoms with Crippen molar-refractivity contribution < 1.29 is 9.53 Å². The predicted molar refractivity (Wildman–Crippen MR) is 59.1 cm³/mol. The Kier molecular flexibility index (Phi) is 2.61. The Labute approximate surface area is 90.3 Å². The highest BCUT2D eigenvalue weighted by Gasteiger charge is 2.31. The molecule has 0 radical (unpaired) electrons. The highest BCUT2D eigenvalue weighted by atomic mass is 16.5. The molecule has 0 bridgehead atoms. The van der Waals surface area contributed by atoms with Crippen LogP contribution in [0.2, 0.25) is 0 Å². The lowest BCUT2D eigenvalue weighted by atomic mass is 9.95. The first-order valence-corrected chi connectivity index (χ1v) is 5.31. The molecule has 2 rings (SSSR count). The molecule has 80 valence electrons. The van der Waals surface area contributed by atoms with Crippen LogP contribution in [0.15, 0.2) is 24.3 Å². The summed E-state index contributed by atoms with van der Waals surface area (Å²) in [6, 6.07) is 7.86. The summed E-state index contributed by atoms with van der Waals surface area (Å²) in [4.78, 5) is 12.0. The van der Waals surface area contributed by atoms with Gasteiger partial charge in [-0.25, -0.2) is 0 Å². The molecule has 1 aliphatic rings. The zero-order chi connectivity index (χ0) is 10.9. The molecule has 2 heteroatoms. The van der Waals surface area contributed by atoms with Crippen molar-refractivity contribution in [3.63, 3.8) is 0 Å². The number of carbonyl (C=O) groups is 1. The number of benzene rings is 1. The van der Waals surface area contributed by atoms with Gasteiger partial charge in [-0.2, -0.15) is 0 Å². The lowest BCUT2D eigenvalue weighted by molar-refractivity contribution is -0.00233. The highest BCUT2D eigenvalue weighted by molar-refractivity contribution is 5.98. The van der Waals surface area contributed by atoms with Gasteiger partial charge in [0.15, 0.2) is 5.78 Å². The van der Waals surface area contributed by atoms with Crippen LogP contribution in [0.25, 0.3) is 0 Å². The number of rotatable bonds is 1. The molecule has 15 heavy (non-hydrogen) atoms. The van der Waals surface area contributed by atoms with Crippen LogP contribution in [-0.4, -0.2) is 18.5 Å². The van der Waals surface area contributed by atoms with Gasteiger partial charge >= 0.3 is 0 Å². The molecule has 0 saturated heterocycles. The van der Waals surface area contributed by atoms with Crippen LogP contribution in [0.4, 0.5) is 0 Å². The van der Waals surface area contributed by atoms with E-state index < -0.39 is 0 Å². The molecule has 1 unspecified atom stereocenters. The van der Waals surface area contributed by atoms with Crippen molar-refractivity contribution in [2.24, 2.45) is 0 Å². The van der Waals surface area contributed by atoms with E-state index in [-0.39, 0.29) is 11.4 Å². The van der Waals surface area contributed by atoms with Crippen molar-refractivity contribution in [3.8, 4) is 0 Å². The summed E-state index contributed by atoms with van der Waals surface area (Å²) in [7, 11) is 1.68. The molecule has 1 aromatic carbocycles. The summed E-state index contributed by atoms with van der Waals surface area (Å²) in [6.45, 7) is 2.01. The fraction of sp³-hybridized carbons (Fsp3) is 0.462. The number of hydrogen-bond acceptors (Lipinski definition) is 2. The van der Waals surface area contributed by atoms with E-state index in [4.69, 9.17) is 4.74 Å². The second-order valence-corrected chi connectivity index (χ2v) is 4.41. The van der Waals surface area contributed by atoms with E-state index in [1.54, 1.807) is 7.11 Å². The lowest BCUT2D eigenvalue weighted by Crippen LogP contribution is -2.29.